The van der Waals surface area contributed by atoms with Crippen molar-refractivity contribution in [2.24, 2.45) is 0 Å². The number of anilines is 1. The summed E-state index contributed by atoms with van der Waals surface area (Å²) in [6.45, 7) is 3.68. The lowest BCUT2D eigenvalue weighted by molar-refractivity contribution is -0.158. The number of hydrogen-bond donors (Lipinski definition) is 0. The maximum Gasteiger partial charge on any atom is 0.260 e. The highest BCUT2D eigenvalue weighted by Gasteiger charge is 2.47. The van der Waals surface area contributed by atoms with Crippen LogP contribution < -0.4 is 4.90 Å². The number of amides is 1. The summed E-state index contributed by atoms with van der Waals surface area (Å²) in [5.41, 5.74) is 1.46. The molecule has 5 heteroatoms. The van der Waals surface area contributed by atoms with E-state index in [1.54, 1.807) is 0 Å². The molecule has 2 fully saturated rings. The zero-order chi connectivity index (χ0) is 17.8. The Morgan fingerprint density at radius 3 is 2.65 bits per heavy atom. The van der Waals surface area contributed by atoms with Gasteiger partial charge in [0, 0.05) is 44.3 Å². The van der Waals surface area contributed by atoms with E-state index in [4.69, 9.17) is 4.74 Å². The van der Waals surface area contributed by atoms with Gasteiger partial charge in [-0.1, -0.05) is 18.2 Å². The van der Waals surface area contributed by atoms with Gasteiger partial charge in [0.2, 0.25) is 0 Å². The summed E-state index contributed by atoms with van der Waals surface area (Å²) in [6, 6.07) is 14.0. The van der Waals surface area contributed by atoms with E-state index in [1.165, 1.54) is 5.56 Å². The lowest BCUT2D eigenvalue weighted by Gasteiger charge is -2.42. The van der Waals surface area contributed by atoms with E-state index in [9.17, 15) is 4.79 Å². The van der Waals surface area contributed by atoms with Crippen molar-refractivity contribution < 1.29 is 9.53 Å². The number of carbonyl (C=O) groups excluding carboxylic acids is 1. The minimum atomic E-state index is -0.725. The Morgan fingerprint density at radius 1 is 1.04 bits per heavy atom. The van der Waals surface area contributed by atoms with Crippen molar-refractivity contribution in [1.29, 1.82) is 0 Å². The summed E-state index contributed by atoms with van der Waals surface area (Å²) in [6.07, 6.45) is 6.45. The van der Waals surface area contributed by atoms with Crippen LogP contribution in [0.15, 0.2) is 54.9 Å². The Hall–Kier alpha value is -2.24. The van der Waals surface area contributed by atoms with E-state index in [-0.39, 0.29) is 5.91 Å². The van der Waals surface area contributed by atoms with Crippen LogP contribution in [-0.4, -0.2) is 47.6 Å². The van der Waals surface area contributed by atoms with E-state index >= 15 is 0 Å². The number of morpholine rings is 1. The van der Waals surface area contributed by atoms with Gasteiger partial charge in [-0.25, -0.2) is 0 Å². The van der Waals surface area contributed by atoms with Gasteiger partial charge in [-0.05, 0) is 49.1 Å². The molecule has 4 rings (SSSR count). The van der Waals surface area contributed by atoms with Crippen LogP contribution in [0.25, 0.3) is 0 Å². The quantitative estimate of drug-likeness (QED) is 0.853. The fourth-order valence-corrected chi connectivity index (χ4v) is 4.01. The molecule has 0 N–H and O–H groups in total. The molecule has 1 unspecified atom stereocenters. The molecular formula is C21H25N3O2. The predicted molar refractivity (Wildman–Crippen MR) is 101 cm³/mol. The van der Waals surface area contributed by atoms with Crippen molar-refractivity contribution >= 4 is 11.6 Å². The number of aromatic nitrogens is 1. The van der Waals surface area contributed by atoms with Gasteiger partial charge in [-0.3, -0.25) is 14.7 Å². The smallest absolute Gasteiger partial charge is 0.260 e. The number of hydrogen-bond acceptors (Lipinski definition) is 4. The summed E-state index contributed by atoms with van der Waals surface area (Å²) in [5, 5.41) is 0. The lowest BCUT2D eigenvalue weighted by atomic mass is 9.93. The van der Waals surface area contributed by atoms with Crippen molar-refractivity contribution in [3.8, 4) is 0 Å². The molecule has 1 aromatic heterocycles. The molecule has 1 aromatic carbocycles. The molecule has 0 aliphatic carbocycles. The predicted octanol–water partition coefficient (Wildman–Crippen LogP) is 2.87. The second-order valence-electron chi connectivity index (χ2n) is 7.16. The summed E-state index contributed by atoms with van der Waals surface area (Å²) in [7, 11) is 0. The SMILES string of the molecule is O=C1N(c2ccccc2)CCCCC12CN(Cc1ccncc1)CCO2. The minimum absolute atomic E-state index is 0.112. The summed E-state index contributed by atoms with van der Waals surface area (Å²) >= 11 is 0. The third-order valence-corrected chi connectivity index (χ3v) is 5.34. The third-order valence-electron chi connectivity index (χ3n) is 5.34. The molecule has 0 radical (unpaired) electrons. The Balaban J connectivity index is 1.56. The van der Waals surface area contributed by atoms with Gasteiger partial charge >= 0.3 is 0 Å². The lowest BCUT2D eigenvalue weighted by Crippen LogP contribution is -2.59. The minimum Gasteiger partial charge on any atom is -0.362 e. The van der Waals surface area contributed by atoms with Gasteiger partial charge in [0.1, 0.15) is 0 Å². The first-order valence-corrected chi connectivity index (χ1v) is 9.39. The van der Waals surface area contributed by atoms with E-state index in [1.807, 2.05) is 59.8 Å². The fraction of sp³-hybridized carbons (Fsp3) is 0.429. The monoisotopic (exact) mass is 351 g/mol. The molecule has 5 nitrogen and oxygen atoms in total. The number of ether oxygens (including phenoxy) is 1. The van der Waals surface area contributed by atoms with Crippen LogP contribution in [0.5, 0.6) is 0 Å². The van der Waals surface area contributed by atoms with Crippen LogP contribution >= 0.6 is 0 Å². The van der Waals surface area contributed by atoms with Crippen LogP contribution in [0.1, 0.15) is 24.8 Å². The Labute approximate surface area is 154 Å². The van der Waals surface area contributed by atoms with Crippen molar-refractivity contribution in [2.45, 2.75) is 31.4 Å². The zero-order valence-corrected chi connectivity index (χ0v) is 15.0. The number of pyridine rings is 1. The van der Waals surface area contributed by atoms with E-state index in [0.717, 1.165) is 44.6 Å². The number of para-hydroxylation sites is 1. The first-order chi connectivity index (χ1) is 12.8. The van der Waals surface area contributed by atoms with Gasteiger partial charge in [-0.15, -0.1) is 0 Å². The highest BCUT2D eigenvalue weighted by atomic mass is 16.5. The average molecular weight is 351 g/mol. The molecule has 1 spiro atoms. The molecule has 0 saturated carbocycles. The van der Waals surface area contributed by atoms with Crippen LogP contribution in [0.2, 0.25) is 0 Å². The van der Waals surface area contributed by atoms with Crippen LogP contribution in [0.4, 0.5) is 5.69 Å². The normalized spacial score (nSPS) is 24.6. The molecule has 2 aromatic rings. The maximum absolute atomic E-state index is 13.5. The first kappa shape index (κ1) is 17.2. The van der Waals surface area contributed by atoms with Gasteiger partial charge in [-0.2, -0.15) is 0 Å². The highest BCUT2D eigenvalue weighted by Crippen LogP contribution is 2.32. The standard InChI is InChI=1S/C21H25N3O2/c25-20-21(10-4-5-13-24(20)19-6-2-1-3-7-19)17-23(14-15-26-21)16-18-8-11-22-12-9-18/h1-3,6-9,11-12H,4-5,10,13-17H2. The Bertz CT molecular complexity index is 737. The molecular weight excluding hydrogens is 326 g/mol. The van der Waals surface area contributed by atoms with Gasteiger partial charge in [0.25, 0.3) is 5.91 Å². The summed E-state index contributed by atoms with van der Waals surface area (Å²) in [5.74, 6) is 0.112. The van der Waals surface area contributed by atoms with Gasteiger partial charge < -0.3 is 9.64 Å². The molecule has 1 amide bonds. The molecule has 26 heavy (non-hydrogen) atoms. The Morgan fingerprint density at radius 2 is 1.85 bits per heavy atom. The van der Waals surface area contributed by atoms with Crippen molar-refractivity contribution in [1.82, 2.24) is 9.88 Å². The molecule has 2 aliphatic rings. The summed E-state index contributed by atoms with van der Waals surface area (Å²) in [4.78, 5) is 21.8. The average Bonchev–Trinajstić information content (AvgIpc) is 2.83. The second kappa shape index (κ2) is 7.56. The molecule has 3 heterocycles. The van der Waals surface area contributed by atoms with Crippen molar-refractivity contribution in [3.63, 3.8) is 0 Å². The van der Waals surface area contributed by atoms with Crippen LogP contribution in [0, 0.1) is 0 Å². The molecule has 0 bridgehead atoms. The number of carbonyl (C=O) groups is 1. The van der Waals surface area contributed by atoms with Gasteiger partial charge in [0.15, 0.2) is 5.60 Å². The topological polar surface area (TPSA) is 45.7 Å². The van der Waals surface area contributed by atoms with Crippen molar-refractivity contribution in [3.05, 3.63) is 60.4 Å². The zero-order valence-electron chi connectivity index (χ0n) is 15.0. The maximum atomic E-state index is 13.5. The first-order valence-electron chi connectivity index (χ1n) is 9.39. The van der Waals surface area contributed by atoms with Crippen LogP contribution in [0.3, 0.4) is 0 Å². The molecule has 136 valence electrons. The van der Waals surface area contributed by atoms with Gasteiger partial charge in [0.05, 0.1) is 6.61 Å². The second-order valence-corrected chi connectivity index (χ2v) is 7.16. The fourth-order valence-electron chi connectivity index (χ4n) is 4.01. The van der Waals surface area contributed by atoms with Crippen molar-refractivity contribution in [2.75, 3.05) is 31.1 Å². The van der Waals surface area contributed by atoms with E-state index < -0.39 is 5.60 Å². The third kappa shape index (κ3) is 3.50. The van der Waals surface area contributed by atoms with Crippen LogP contribution in [-0.2, 0) is 16.1 Å². The number of benzene rings is 1. The Kier molecular flexibility index (Phi) is 5.00. The molecule has 1 atom stereocenters. The molecule has 2 aliphatic heterocycles. The summed E-state index contributed by atoms with van der Waals surface area (Å²) < 4.78 is 6.17. The molecule has 2 saturated heterocycles. The number of rotatable bonds is 3. The number of nitrogens with zero attached hydrogens (tertiary/aromatic N) is 3. The highest BCUT2D eigenvalue weighted by molar-refractivity contribution is 6.00. The van der Waals surface area contributed by atoms with E-state index in [0.29, 0.717) is 13.2 Å². The largest absolute Gasteiger partial charge is 0.362 e. The van der Waals surface area contributed by atoms with E-state index in [2.05, 4.69) is 9.88 Å².